The van der Waals surface area contributed by atoms with Crippen LogP contribution in [0.2, 0.25) is 0 Å². The highest BCUT2D eigenvalue weighted by atomic mass is 16.1. The molecule has 16 heavy (non-hydrogen) atoms. The Hall–Kier alpha value is -1.36. The molecule has 1 rings (SSSR count). The molecule has 0 saturated carbocycles. The molecule has 0 aliphatic heterocycles. The molecule has 1 atom stereocenters. The monoisotopic (exact) mass is 224 g/mol. The number of amides is 1. The lowest BCUT2D eigenvalue weighted by Gasteiger charge is -2.12. The van der Waals surface area contributed by atoms with Gasteiger partial charge in [-0.15, -0.1) is 0 Å². The normalized spacial score (nSPS) is 12.7. The van der Waals surface area contributed by atoms with Gasteiger partial charge in [0.1, 0.15) is 0 Å². The molecule has 0 aliphatic carbocycles. The number of nitrogens with one attached hydrogen (secondary N) is 1. The fraction of sp³-hybridized carbons (Fsp3) is 0.636. The highest BCUT2D eigenvalue weighted by Gasteiger charge is 2.08. The van der Waals surface area contributed by atoms with E-state index in [-0.39, 0.29) is 11.9 Å². The van der Waals surface area contributed by atoms with Crippen molar-refractivity contribution < 1.29 is 4.79 Å². The van der Waals surface area contributed by atoms with Gasteiger partial charge in [0.25, 0.3) is 0 Å². The van der Waals surface area contributed by atoms with Crippen molar-refractivity contribution in [2.45, 2.75) is 46.3 Å². The number of rotatable bonds is 6. The Morgan fingerprint density at radius 1 is 1.69 bits per heavy atom. The Balaban J connectivity index is 2.50. The number of aromatic nitrogens is 2. The van der Waals surface area contributed by atoms with E-state index in [1.807, 2.05) is 24.6 Å². The summed E-state index contributed by atoms with van der Waals surface area (Å²) in [6.07, 6.45) is 0.360. The van der Waals surface area contributed by atoms with E-state index in [0.717, 1.165) is 17.9 Å². The highest BCUT2D eigenvalue weighted by Crippen LogP contribution is 2.04. The Kier molecular flexibility index (Phi) is 4.49. The quantitative estimate of drug-likeness (QED) is 0.741. The van der Waals surface area contributed by atoms with Gasteiger partial charge in [-0.3, -0.25) is 9.48 Å². The van der Waals surface area contributed by atoms with Gasteiger partial charge in [0.2, 0.25) is 5.91 Å². The van der Waals surface area contributed by atoms with E-state index in [9.17, 15) is 4.79 Å². The van der Waals surface area contributed by atoms with Crippen LogP contribution in [0, 0.1) is 6.92 Å². The summed E-state index contributed by atoms with van der Waals surface area (Å²) in [5.74, 6) is -0.278. The first-order valence-electron chi connectivity index (χ1n) is 5.58. The Morgan fingerprint density at radius 3 is 2.94 bits per heavy atom. The second-order valence-electron chi connectivity index (χ2n) is 4.05. The lowest BCUT2D eigenvalue weighted by atomic mass is 10.2. The van der Waals surface area contributed by atoms with Crippen molar-refractivity contribution in [1.82, 2.24) is 15.1 Å². The van der Waals surface area contributed by atoms with Crippen LogP contribution in [0.15, 0.2) is 6.07 Å². The van der Waals surface area contributed by atoms with Gasteiger partial charge in [0.05, 0.1) is 11.4 Å². The minimum Gasteiger partial charge on any atom is -0.370 e. The van der Waals surface area contributed by atoms with Gasteiger partial charge >= 0.3 is 0 Å². The average molecular weight is 224 g/mol. The van der Waals surface area contributed by atoms with Crippen LogP contribution < -0.4 is 11.1 Å². The van der Waals surface area contributed by atoms with Crippen LogP contribution in [0.1, 0.15) is 31.7 Å². The minimum atomic E-state index is -0.278. The van der Waals surface area contributed by atoms with Crippen LogP contribution in [0.4, 0.5) is 0 Å². The molecule has 5 nitrogen and oxygen atoms in total. The summed E-state index contributed by atoms with van der Waals surface area (Å²) in [5, 5.41) is 7.61. The molecule has 0 saturated heterocycles. The number of hydrogen-bond donors (Lipinski definition) is 2. The predicted octanol–water partition coefficient (Wildman–Crippen LogP) is 0.565. The number of nitrogens with zero attached hydrogens (tertiary/aromatic N) is 2. The van der Waals surface area contributed by atoms with Crippen molar-refractivity contribution in [2.75, 3.05) is 0 Å². The van der Waals surface area contributed by atoms with Crippen LogP contribution in [0.3, 0.4) is 0 Å². The predicted molar refractivity (Wildman–Crippen MR) is 62.8 cm³/mol. The fourth-order valence-electron chi connectivity index (χ4n) is 1.67. The standard InChI is InChI=1S/C11H20N4O/c1-4-15-10(5-9(3)14-15)7-13-8(2)6-11(12)16/h5,8,13H,4,6-7H2,1-3H3,(H2,12,16). The first-order chi connectivity index (χ1) is 7.52. The van der Waals surface area contributed by atoms with Crippen LogP contribution >= 0.6 is 0 Å². The molecule has 0 bridgehead atoms. The van der Waals surface area contributed by atoms with Gasteiger partial charge in [0.15, 0.2) is 0 Å². The van der Waals surface area contributed by atoms with Crippen molar-refractivity contribution in [2.24, 2.45) is 5.73 Å². The molecule has 90 valence electrons. The minimum absolute atomic E-state index is 0.0954. The van der Waals surface area contributed by atoms with E-state index in [1.54, 1.807) is 0 Å². The first-order valence-corrected chi connectivity index (χ1v) is 5.58. The zero-order valence-corrected chi connectivity index (χ0v) is 10.2. The number of aryl methyl sites for hydroxylation is 2. The van der Waals surface area contributed by atoms with Gasteiger partial charge in [-0.05, 0) is 26.8 Å². The smallest absolute Gasteiger partial charge is 0.218 e. The van der Waals surface area contributed by atoms with E-state index in [1.165, 1.54) is 0 Å². The molecule has 1 aromatic rings. The van der Waals surface area contributed by atoms with Gasteiger partial charge < -0.3 is 11.1 Å². The maximum atomic E-state index is 10.7. The van der Waals surface area contributed by atoms with Crippen LogP contribution in [0.25, 0.3) is 0 Å². The molecule has 0 spiro atoms. The van der Waals surface area contributed by atoms with Gasteiger partial charge in [-0.2, -0.15) is 5.10 Å². The van der Waals surface area contributed by atoms with Crippen molar-refractivity contribution in [3.05, 3.63) is 17.5 Å². The second kappa shape index (κ2) is 5.65. The molecule has 3 N–H and O–H groups in total. The molecular formula is C11H20N4O. The Bertz CT molecular complexity index is 359. The summed E-state index contributed by atoms with van der Waals surface area (Å²) in [4.78, 5) is 10.7. The van der Waals surface area contributed by atoms with Crippen LogP contribution in [-0.2, 0) is 17.9 Å². The third kappa shape index (κ3) is 3.66. The summed E-state index contributed by atoms with van der Waals surface area (Å²) >= 11 is 0. The average Bonchev–Trinajstić information content (AvgIpc) is 2.55. The van der Waals surface area contributed by atoms with Gasteiger partial charge in [0, 0.05) is 25.6 Å². The molecule has 1 aromatic heterocycles. The van der Waals surface area contributed by atoms with Crippen molar-refractivity contribution >= 4 is 5.91 Å². The lowest BCUT2D eigenvalue weighted by molar-refractivity contribution is -0.118. The van der Waals surface area contributed by atoms with E-state index in [2.05, 4.69) is 17.3 Å². The Morgan fingerprint density at radius 2 is 2.38 bits per heavy atom. The number of carbonyl (C=O) groups excluding carboxylic acids is 1. The van der Waals surface area contributed by atoms with E-state index in [4.69, 9.17) is 5.73 Å². The first kappa shape index (κ1) is 12.7. The Labute approximate surface area is 96.0 Å². The molecule has 0 radical (unpaired) electrons. The third-order valence-electron chi connectivity index (χ3n) is 2.42. The van der Waals surface area contributed by atoms with E-state index in [0.29, 0.717) is 13.0 Å². The summed E-state index contributed by atoms with van der Waals surface area (Å²) in [6, 6.07) is 2.14. The number of hydrogen-bond acceptors (Lipinski definition) is 3. The third-order valence-corrected chi connectivity index (χ3v) is 2.42. The summed E-state index contributed by atoms with van der Waals surface area (Å²) in [7, 11) is 0. The van der Waals surface area contributed by atoms with Crippen molar-refractivity contribution in [1.29, 1.82) is 0 Å². The summed E-state index contributed by atoms with van der Waals surface area (Å²) in [6.45, 7) is 7.55. The summed E-state index contributed by atoms with van der Waals surface area (Å²) in [5.41, 5.74) is 7.28. The summed E-state index contributed by atoms with van der Waals surface area (Å²) < 4.78 is 1.96. The van der Waals surface area contributed by atoms with Crippen molar-refractivity contribution in [3.8, 4) is 0 Å². The van der Waals surface area contributed by atoms with E-state index < -0.39 is 0 Å². The number of carbonyl (C=O) groups is 1. The number of nitrogens with two attached hydrogens (primary N) is 1. The maximum Gasteiger partial charge on any atom is 0.218 e. The number of primary amides is 1. The molecular weight excluding hydrogens is 204 g/mol. The molecule has 0 aliphatic rings. The lowest BCUT2D eigenvalue weighted by Crippen LogP contribution is -2.31. The molecule has 1 unspecified atom stereocenters. The van der Waals surface area contributed by atoms with Crippen molar-refractivity contribution in [3.63, 3.8) is 0 Å². The SMILES string of the molecule is CCn1nc(C)cc1CNC(C)CC(N)=O. The molecule has 1 amide bonds. The molecule has 0 fully saturated rings. The van der Waals surface area contributed by atoms with Gasteiger partial charge in [-0.25, -0.2) is 0 Å². The maximum absolute atomic E-state index is 10.7. The zero-order chi connectivity index (χ0) is 12.1. The zero-order valence-electron chi connectivity index (χ0n) is 10.2. The molecule has 5 heteroatoms. The highest BCUT2D eigenvalue weighted by molar-refractivity contribution is 5.74. The largest absolute Gasteiger partial charge is 0.370 e. The molecule has 1 heterocycles. The van der Waals surface area contributed by atoms with E-state index >= 15 is 0 Å². The van der Waals surface area contributed by atoms with Crippen LogP contribution in [0.5, 0.6) is 0 Å². The fourth-order valence-corrected chi connectivity index (χ4v) is 1.67. The van der Waals surface area contributed by atoms with Gasteiger partial charge in [-0.1, -0.05) is 0 Å². The topological polar surface area (TPSA) is 72.9 Å². The second-order valence-corrected chi connectivity index (χ2v) is 4.05. The van der Waals surface area contributed by atoms with Crippen LogP contribution in [-0.4, -0.2) is 21.7 Å². The molecule has 0 aromatic carbocycles.